The van der Waals surface area contributed by atoms with Gasteiger partial charge in [0.2, 0.25) is 0 Å². The van der Waals surface area contributed by atoms with Crippen LogP contribution in [0.2, 0.25) is 0 Å². The molecule has 0 saturated heterocycles. The highest BCUT2D eigenvalue weighted by molar-refractivity contribution is 5.97. The molecule has 0 unspecified atom stereocenters. The SMILES string of the molecule is Nc1ccc2ccccc2c1N=O. The summed E-state index contributed by atoms with van der Waals surface area (Å²) < 4.78 is 0. The van der Waals surface area contributed by atoms with Gasteiger partial charge in [-0.05, 0) is 16.6 Å². The molecule has 0 radical (unpaired) electrons. The van der Waals surface area contributed by atoms with Crippen LogP contribution in [0.5, 0.6) is 0 Å². The van der Waals surface area contributed by atoms with E-state index in [0.29, 0.717) is 11.4 Å². The first-order chi connectivity index (χ1) is 6.33. The standard InChI is InChI=1S/C10H8N2O/c11-9-6-5-7-3-1-2-4-8(7)10(9)12-13/h1-6H,11H2. The molecule has 0 spiro atoms. The van der Waals surface area contributed by atoms with E-state index in [-0.39, 0.29) is 0 Å². The molecular weight excluding hydrogens is 164 g/mol. The number of fused-ring (bicyclic) bond motifs is 1. The van der Waals surface area contributed by atoms with Crippen LogP contribution in [0.4, 0.5) is 11.4 Å². The third-order valence-corrected chi connectivity index (χ3v) is 2.02. The first-order valence-corrected chi connectivity index (χ1v) is 3.93. The van der Waals surface area contributed by atoms with Crippen LogP contribution in [0.15, 0.2) is 41.6 Å². The van der Waals surface area contributed by atoms with Crippen molar-refractivity contribution in [3.63, 3.8) is 0 Å². The van der Waals surface area contributed by atoms with Gasteiger partial charge in [-0.1, -0.05) is 30.3 Å². The van der Waals surface area contributed by atoms with Gasteiger partial charge < -0.3 is 5.73 Å². The lowest BCUT2D eigenvalue weighted by Crippen LogP contribution is -1.85. The van der Waals surface area contributed by atoms with Gasteiger partial charge in [-0.3, -0.25) is 0 Å². The summed E-state index contributed by atoms with van der Waals surface area (Å²) in [4.78, 5) is 10.5. The van der Waals surface area contributed by atoms with Crippen molar-refractivity contribution in [2.75, 3.05) is 5.73 Å². The number of nitrogens with zero attached hydrogens (tertiary/aromatic N) is 1. The Balaban J connectivity index is 2.91. The maximum atomic E-state index is 10.5. The Labute approximate surface area is 75.1 Å². The second-order valence-corrected chi connectivity index (χ2v) is 2.82. The highest BCUT2D eigenvalue weighted by Gasteiger charge is 2.03. The van der Waals surface area contributed by atoms with Gasteiger partial charge in [0.05, 0.1) is 5.69 Å². The van der Waals surface area contributed by atoms with Crippen molar-refractivity contribution < 1.29 is 0 Å². The molecule has 0 atom stereocenters. The molecule has 0 saturated carbocycles. The maximum absolute atomic E-state index is 10.5. The molecule has 2 rings (SSSR count). The van der Waals surface area contributed by atoms with Crippen LogP contribution in [-0.4, -0.2) is 0 Å². The Morgan fingerprint density at radius 1 is 1.08 bits per heavy atom. The van der Waals surface area contributed by atoms with Crippen LogP contribution in [-0.2, 0) is 0 Å². The quantitative estimate of drug-likeness (QED) is 0.531. The predicted octanol–water partition coefficient (Wildman–Crippen LogP) is 2.82. The smallest absolute Gasteiger partial charge is 0.138 e. The summed E-state index contributed by atoms with van der Waals surface area (Å²) in [5.41, 5.74) is 6.36. The normalized spacial score (nSPS) is 10.2. The third-order valence-electron chi connectivity index (χ3n) is 2.02. The minimum absolute atomic E-state index is 0.332. The Bertz CT molecular complexity index is 465. The van der Waals surface area contributed by atoms with E-state index in [2.05, 4.69) is 5.18 Å². The fraction of sp³-hybridized carbons (Fsp3) is 0. The summed E-state index contributed by atoms with van der Waals surface area (Å²) in [6.07, 6.45) is 0. The van der Waals surface area contributed by atoms with E-state index in [4.69, 9.17) is 5.73 Å². The van der Waals surface area contributed by atoms with Gasteiger partial charge in [0.25, 0.3) is 0 Å². The van der Waals surface area contributed by atoms with E-state index >= 15 is 0 Å². The molecule has 2 aromatic carbocycles. The third kappa shape index (κ3) is 1.14. The van der Waals surface area contributed by atoms with Crippen LogP contribution in [0.3, 0.4) is 0 Å². The van der Waals surface area contributed by atoms with Gasteiger partial charge in [-0.2, -0.15) is 0 Å². The summed E-state index contributed by atoms with van der Waals surface area (Å²) in [7, 11) is 0. The summed E-state index contributed by atoms with van der Waals surface area (Å²) in [6, 6.07) is 11.1. The number of benzene rings is 2. The molecule has 3 nitrogen and oxygen atoms in total. The molecule has 0 aromatic heterocycles. The van der Waals surface area contributed by atoms with E-state index < -0.39 is 0 Å². The molecule has 0 aliphatic carbocycles. The van der Waals surface area contributed by atoms with Gasteiger partial charge in [0.1, 0.15) is 5.69 Å². The molecule has 0 amide bonds. The summed E-state index contributed by atoms with van der Waals surface area (Å²) >= 11 is 0. The van der Waals surface area contributed by atoms with Crippen molar-refractivity contribution in [1.82, 2.24) is 0 Å². The Morgan fingerprint density at radius 3 is 2.62 bits per heavy atom. The second kappa shape index (κ2) is 2.86. The number of hydrogen-bond donors (Lipinski definition) is 1. The minimum Gasteiger partial charge on any atom is -0.397 e. The summed E-state index contributed by atoms with van der Waals surface area (Å²) in [6.45, 7) is 0. The second-order valence-electron chi connectivity index (χ2n) is 2.82. The van der Waals surface area contributed by atoms with Crippen molar-refractivity contribution in [1.29, 1.82) is 0 Å². The molecule has 0 bridgehead atoms. The zero-order chi connectivity index (χ0) is 9.26. The first kappa shape index (κ1) is 7.73. The number of nitroso groups, excluding NO2 is 1. The van der Waals surface area contributed by atoms with Crippen molar-refractivity contribution in [3.8, 4) is 0 Å². The molecule has 0 aliphatic rings. The molecule has 0 fully saturated rings. The maximum Gasteiger partial charge on any atom is 0.138 e. The van der Waals surface area contributed by atoms with Crippen LogP contribution in [0.1, 0.15) is 0 Å². The topological polar surface area (TPSA) is 55.4 Å². The molecule has 2 N–H and O–H groups in total. The van der Waals surface area contributed by atoms with Crippen molar-refractivity contribution in [3.05, 3.63) is 41.3 Å². The van der Waals surface area contributed by atoms with E-state index in [1.54, 1.807) is 6.07 Å². The van der Waals surface area contributed by atoms with Crippen molar-refractivity contribution >= 4 is 22.1 Å². The number of rotatable bonds is 1. The minimum atomic E-state index is 0.332. The number of anilines is 1. The molecule has 3 heteroatoms. The zero-order valence-electron chi connectivity index (χ0n) is 6.90. The Morgan fingerprint density at radius 2 is 1.85 bits per heavy atom. The molecule has 13 heavy (non-hydrogen) atoms. The average molecular weight is 172 g/mol. The van der Waals surface area contributed by atoms with Crippen LogP contribution >= 0.6 is 0 Å². The van der Waals surface area contributed by atoms with Crippen molar-refractivity contribution in [2.45, 2.75) is 0 Å². The number of hydrogen-bond acceptors (Lipinski definition) is 3. The molecule has 64 valence electrons. The number of nitrogens with two attached hydrogens (primary N) is 1. The van der Waals surface area contributed by atoms with Gasteiger partial charge in [0.15, 0.2) is 0 Å². The predicted molar refractivity (Wildman–Crippen MR) is 53.8 cm³/mol. The summed E-state index contributed by atoms with van der Waals surface area (Å²) in [5.74, 6) is 0. The zero-order valence-corrected chi connectivity index (χ0v) is 6.90. The lowest BCUT2D eigenvalue weighted by molar-refractivity contribution is 1.53. The van der Waals surface area contributed by atoms with Gasteiger partial charge in [-0.15, -0.1) is 4.91 Å². The highest BCUT2D eigenvalue weighted by atomic mass is 16.3. The van der Waals surface area contributed by atoms with Crippen LogP contribution in [0.25, 0.3) is 10.8 Å². The molecular formula is C10H8N2O. The van der Waals surface area contributed by atoms with Crippen molar-refractivity contribution in [2.24, 2.45) is 5.18 Å². The van der Waals surface area contributed by atoms with Gasteiger partial charge in [-0.25, -0.2) is 0 Å². The molecule has 0 aliphatic heterocycles. The van der Waals surface area contributed by atoms with E-state index in [0.717, 1.165) is 10.8 Å². The monoisotopic (exact) mass is 172 g/mol. The first-order valence-electron chi connectivity index (χ1n) is 3.93. The fourth-order valence-electron chi connectivity index (χ4n) is 1.37. The van der Waals surface area contributed by atoms with E-state index in [1.165, 1.54) is 0 Å². The average Bonchev–Trinajstić information content (AvgIpc) is 2.18. The highest BCUT2D eigenvalue weighted by Crippen LogP contribution is 2.31. The molecule has 2 aromatic rings. The Kier molecular flexibility index (Phi) is 1.70. The summed E-state index contributed by atoms with van der Waals surface area (Å²) in [5, 5.41) is 4.70. The van der Waals surface area contributed by atoms with Gasteiger partial charge >= 0.3 is 0 Å². The number of nitrogen functional groups attached to an aromatic ring is 1. The van der Waals surface area contributed by atoms with Crippen LogP contribution < -0.4 is 5.73 Å². The molecule has 0 heterocycles. The van der Waals surface area contributed by atoms with Gasteiger partial charge in [0, 0.05) is 5.39 Å². The fourth-order valence-corrected chi connectivity index (χ4v) is 1.37. The lowest BCUT2D eigenvalue weighted by atomic mass is 10.1. The largest absolute Gasteiger partial charge is 0.397 e. The lowest BCUT2D eigenvalue weighted by Gasteiger charge is -2.01. The van der Waals surface area contributed by atoms with E-state index in [9.17, 15) is 4.91 Å². The Hall–Kier alpha value is -1.90. The van der Waals surface area contributed by atoms with Crippen LogP contribution in [0, 0.1) is 4.91 Å². The van der Waals surface area contributed by atoms with E-state index in [1.807, 2.05) is 30.3 Å².